The van der Waals surface area contributed by atoms with E-state index in [9.17, 15) is 5.11 Å². The molecule has 0 saturated heterocycles. The first-order valence-electron chi connectivity index (χ1n) is 5.81. The molecular weight excluding hydrogens is 226 g/mol. The van der Waals surface area contributed by atoms with E-state index in [1.165, 1.54) is 0 Å². The molecule has 1 aromatic carbocycles. The number of nitrogens with zero attached hydrogens (tertiary/aromatic N) is 2. The van der Waals surface area contributed by atoms with Crippen molar-refractivity contribution in [3.63, 3.8) is 0 Å². The normalized spacial score (nSPS) is 10.9. The molecule has 0 saturated carbocycles. The zero-order valence-electron chi connectivity index (χ0n) is 10.0. The number of hydrogen-bond donors (Lipinski definition) is 2. The minimum absolute atomic E-state index is 0.276. The van der Waals surface area contributed by atoms with Crippen LogP contribution in [0.5, 0.6) is 5.75 Å². The summed E-state index contributed by atoms with van der Waals surface area (Å²) in [5.74, 6) is 1.13. The van der Waals surface area contributed by atoms with Gasteiger partial charge in [0, 0.05) is 12.1 Å². The van der Waals surface area contributed by atoms with Crippen molar-refractivity contribution in [2.75, 3.05) is 0 Å². The maximum absolute atomic E-state index is 9.42. The van der Waals surface area contributed by atoms with Crippen LogP contribution >= 0.6 is 0 Å². The van der Waals surface area contributed by atoms with Gasteiger partial charge in [0.25, 0.3) is 0 Å². The fraction of sp³-hybridized carbons (Fsp3) is 0.143. The van der Waals surface area contributed by atoms with Crippen molar-refractivity contribution in [1.82, 2.24) is 15.0 Å². The zero-order chi connectivity index (χ0) is 12.5. The lowest BCUT2D eigenvalue weighted by Crippen LogP contribution is -1.90. The third kappa shape index (κ3) is 2.05. The van der Waals surface area contributed by atoms with Crippen molar-refractivity contribution in [2.45, 2.75) is 13.3 Å². The molecular formula is C14H13N3O. The Labute approximate surface area is 104 Å². The predicted octanol–water partition coefficient (Wildman–Crippen LogP) is 2.56. The fourth-order valence-corrected chi connectivity index (χ4v) is 1.98. The first-order chi connectivity index (χ1) is 8.70. The summed E-state index contributed by atoms with van der Waals surface area (Å²) in [6.45, 7) is 1.95. The van der Waals surface area contributed by atoms with Gasteiger partial charge in [-0.1, -0.05) is 12.1 Å². The zero-order valence-corrected chi connectivity index (χ0v) is 10.0. The summed E-state index contributed by atoms with van der Waals surface area (Å²) in [5, 5.41) is 9.42. The van der Waals surface area contributed by atoms with Crippen LogP contribution < -0.4 is 0 Å². The van der Waals surface area contributed by atoms with Gasteiger partial charge in [-0.05, 0) is 36.8 Å². The number of aryl methyl sites for hydroxylation is 1. The second-order valence-electron chi connectivity index (χ2n) is 4.35. The molecule has 0 amide bonds. The quantitative estimate of drug-likeness (QED) is 0.722. The monoisotopic (exact) mass is 239 g/mol. The molecule has 2 N–H and O–H groups in total. The predicted molar refractivity (Wildman–Crippen MR) is 69.5 cm³/mol. The molecule has 0 radical (unpaired) electrons. The first-order valence-corrected chi connectivity index (χ1v) is 5.81. The highest BCUT2D eigenvalue weighted by Crippen LogP contribution is 2.16. The summed E-state index contributed by atoms with van der Waals surface area (Å²) in [7, 11) is 0. The van der Waals surface area contributed by atoms with Gasteiger partial charge in [-0.3, -0.25) is 0 Å². The summed E-state index contributed by atoms with van der Waals surface area (Å²) in [5.41, 5.74) is 3.66. The average Bonchev–Trinajstić information content (AvgIpc) is 2.70. The number of aromatic nitrogens is 3. The maximum Gasteiger partial charge on any atom is 0.177 e. The molecule has 0 unspecified atom stereocenters. The molecule has 2 aromatic heterocycles. The Kier molecular flexibility index (Phi) is 2.48. The van der Waals surface area contributed by atoms with E-state index in [4.69, 9.17) is 0 Å². The molecule has 0 bridgehead atoms. The standard InChI is InChI=1S/C14H13N3O/c1-9-5-6-12-14(15-9)17-13(16-12)8-10-3-2-4-11(18)7-10/h2-7,18H,8H2,1H3,(H,15,16,17). The lowest BCUT2D eigenvalue weighted by atomic mass is 10.1. The largest absolute Gasteiger partial charge is 0.508 e. The van der Waals surface area contributed by atoms with Crippen LogP contribution in [0, 0.1) is 6.92 Å². The Bertz CT molecular complexity index is 703. The summed E-state index contributed by atoms with van der Waals surface area (Å²) >= 11 is 0. The Morgan fingerprint density at radius 1 is 1.17 bits per heavy atom. The highest BCUT2D eigenvalue weighted by Gasteiger charge is 2.05. The van der Waals surface area contributed by atoms with E-state index in [0.717, 1.165) is 28.2 Å². The second kappa shape index (κ2) is 4.14. The smallest absolute Gasteiger partial charge is 0.177 e. The van der Waals surface area contributed by atoms with E-state index in [1.54, 1.807) is 12.1 Å². The first kappa shape index (κ1) is 10.8. The van der Waals surface area contributed by atoms with Gasteiger partial charge in [-0.25, -0.2) is 9.97 Å². The molecule has 0 aliphatic rings. The van der Waals surface area contributed by atoms with Gasteiger partial charge in [0.05, 0.1) is 5.52 Å². The molecule has 2 heterocycles. The van der Waals surface area contributed by atoms with Crippen LogP contribution in [-0.4, -0.2) is 20.1 Å². The minimum Gasteiger partial charge on any atom is -0.508 e. The number of hydrogen-bond acceptors (Lipinski definition) is 3. The van der Waals surface area contributed by atoms with Crippen molar-refractivity contribution in [3.05, 3.63) is 53.5 Å². The van der Waals surface area contributed by atoms with Crippen LogP contribution in [0.25, 0.3) is 11.2 Å². The Morgan fingerprint density at radius 3 is 2.89 bits per heavy atom. The number of H-pyrrole nitrogens is 1. The number of pyridine rings is 1. The van der Waals surface area contributed by atoms with Crippen LogP contribution in [0.4, 0.5) is 0 Å². The molecule has 18 heavy (non-hydrogen) atoms. The summed E-state index contributed by atoms with van der Waals surface area (Å²) in [6.07, 6.45) is 0.657. The van der Waals surface area contributed by atoms with Crippen molar-refractivity contribution < 1.29 is 5.11 Å². The van der Waals surface area contributed by atoms with E-state index in [1.807, 2.05) is 31.2 Å². The number of aromatic amines is 1. The van der Waals surface area contributed by atoms with Gasteiger partial charge in [0.15, 0.2) is 5.65 Å². The van der Waals surface area contributed by atoms with Gasteiger partial charge < -0.3 is 10.1 Å². The van der Waals surface area contributed by atoms with E-state index in [2.05, 4.69) is 15.0 Å². The van der Waals surface area contributed by atoms with Crippen molar-refractivity contribution >= 4 is 11.2 Å². The summed E-state index contributed by atoms with van der Waals surface area (Å²) < 4.78 is 0. The molecule has 4 nitrogen and oxygen atoms in total. The van der Waals surface area contributed by atoms with Crippen LogP contribution in [0.3, 0.4) is 0 Å². The second-order valence-corrected chi connectivity index (χ2v) is 4.35. The molecule has 3 rings (SSSR count). The van der Waals surface area contributed by atoms with Gasteiger partial charge in [0.2, 0.25) is 0 Å². The number of aromatic hydroxyl groups is 1. The van der Waals surface area contributed by atoms with E-state index >= 15 is 0 Å². The van der Waals surface area contributed by atoms with Crippen LogP contribution in [0.1, 0.15) is 17.1 Å². The molecule has 0 spiro atoms. The van der Waals surface area contributed by atoms with Crippen molar-refractivity contribution in [1.29, 1.82) is 0 Å². The number of fused-ring (bicyclic) bond motifs is 1. The fourth-order valence-electron chi connectivity index (χ4n) is 1.98. The van der Waals surface area contributed by atoms with E-state index in [0.29, 0.717) is 6.42 Å². The molecule has 4 heteroatoms. The van der Waals surface area contributed by atoms with E-state index in [-0.39, 0.29) is 5.75 Å². The molecule has 0 fully saturated rings. The van der Waals surface area contributed by atoms with Crippen LogP contribution in [-0.2, 0) is 6.42 Å². The van der Waals surface area contributed by atoms with Gasteiger partial charge in [-0.2, -0.15) is 0 Å². The van der Waals surface area contributed by atoms with Crippen LogP contribution in [0.2, 0.25) is 0 Å². The molecule has 0 aliphatic heterocycles. The molecule has 0 aliphatic carbocycles. The number of nitrogens with one attached hydrogen (secondary N) is 1. The summed E-state index contributed by atoms with van der Waals surface area (Å²) in [6, 6.07) is 11.1. The Balaban J connectivity index is 1.95. The van der Waals surface area contributed by atoms with Crippen molar-refractivity contribution in [2.24, 2.45) is 0 Å². The minimum atomic E-state index is 0.276. The lowest BCUT2D eigenvalue weighted by molar-refractivity contribution is 0.474. The number of rotatable bonds is 2. The highest BCUT2D eigenvalue weighted by molar-refractivity contribution is 5.70. The van der Waals surface area contributed by atoms with Crippen LogP contribution in [0.15, 0.2) is 36.4 Å². The van der Waals surface area contributed by atoms with E-state index < -0.39 is 0 Å². The molecule has 3 aromatic rings. The van der Waals surface area contributed by atoms with Gasteiger partial charge in [0.1, 0.15) is 11.6 Å². The number of phenols is 1. The third-order valence-corrected chi connectivity index (χ3v) is 2.82. The Hall–Kier alpha value is -2.36. The molecule has 0 atom stereocenters. The lowest BCUT2D eigenvalue weighted by Gasteiger charge is -1.98. The number of imidazole rings is 1. The van der Waals surface area contributed by atoms with Crippen molar-refractivity contribution in [3.8, 4) is 5.75 Å². The highest BCUT2D eigenvalue weighted by atomic mass is 16.3. The van der Waals surface area contributed by atoms with Gasteiger partial charge >= 0.3 is 0 Å². The SMILES string of the molecule is Cc1ccc2[nH]c(Cc3cccc(O)c3)nc2n1. The summed E-state index contributed by atoms with van der Waals surface area (Å²) in [4.78, 5) is 12.0. The number of phenolic OH excluding ortho intramolecular Hbond substituents is 1. The average molecular weight is 239 g/mol. The number of benzene rings is 1. The maximum atomic E-state index is 9.42. The van der Waals surface area contributed by atoms with Gasteiger partial charge in [-0.15, -0.1) is 0 Å². The molecule has 90 valence electrons. The Morgan fingerprint density at radius 2 is 2.06 bits per heavy atom. The third-order valence-electron chi connectivity index (χ3n) is 2.82. The topological polar surface area (TPSA) is 61.8 Å².